The summed E-state index contributed by atoms with van der Waals surface area (Å²) in [6.45, 7) is 1.74. The van der Waals surface area contributed by atoms with E-state index in [0.717, 1.165) is 5.69 Å². The van der Waals surface area contributed by atoms with Crippen molar-refractivity contribution in [2.75, 3.05) is 0 Å². The lowest BCUT2D eigenvalue weighted by Crippen LogP contribution is -2.16. The highest BCUT2D eigenvalue weighted by atomic mass is 32.1. The Hall–Kier alpha value is -2.80. The maximum absolute atomic E-state index is 12.8. The molecule has 0 amide bonds. The largest absolute Gasteiger partial charge is 0.456 e. The van der Waals surface area contributed by atoms with E-state index < -0.39 is 5.97 Å². The molecule has 0 N–H and O–H groups in total. The van der Waals surface area contributed by atoms with Crippen molar-refractivity contribution >= 4 is 28.3 Å². The summed E-state index contributed by atoms with van der Waals surface area (Å²) in [5, 5.41) is 1.84. The zero-order valence-electron chi connectivity index (χ0n) is 12.7. The van der Waals surface area contributed by atoms with E-state index in [9.17, 15) is 14.0 Å². The van der Waals surface area contributed by atoms with Crippen molar-refractivity contribution in [3.63, 3.8) is 0 Å². The number of esters is 1. The Morgan fingerprint density at radius 1 is 1.38 bits per heavy atom. The maximum atomic E-state index is 12.8. The third-order valence-electron chi connectivity index (χ3n) is 3.27. The molecule has 122 valence electrons. The van der Waals surface area contributed by atoms with E-state index in [1.807, 2.05) is 12.3 Å². The van der Waals surface area contributed by atoms with Gasteiger partial charge >= 0.3 is 5.97 Å². The Balaban J connectivity index is 1.66. The van der Waals surface area contributed by atoms with Crippen LogP contribution in [0.5, 0.6) is 0 Å². The summed E-state index contributed by atoms with van der Waals surface area (Å²) in [6, 6.07) is 7.06. The van der Waals surface area contributed by atoms with Gasteiger partial charge in [0.25, 0.3) is 5.56 Å². The van der Waals surface area contributed by atoms with E-state index in [1.54, 1.807) is 12.1 Å². The molecule has 24 heavy (non-hydrogen) atoms. The molecule has 5 nitrogen and oxygen atoms in total. The van der Waals surface area contributed by atoms with Crippen LogP contribution in [0.1, 0.15) is 17.0 Å². The topological polar surface area (TPSA) is 60.7 Å². The Morgan fingerprint density at radius 3 is 2.88 bits per heavy atom. The Kier molecular flexibility index (Phi) is 4.52. The summed E-state index contributed by atoms with van der Waals surface area (Å²) >= 11 is 1.35. The quantitative estimate of drug-likeness (QED) is 0.539. The summed E-state index contributed by atoms with van der Waals surface area (Å²) in [5.74, 6) is -0.907. The third-order valence-corrected chi connectivity index (χ3v) is 4.22. The molecule has 0 radical (unpaired) electrons. The molecule has 7 heteroatoms. The Morgan fingerprint density at radius 2 is 2.12 bits per heavy atom. The van der Waals surface area contributed by atoms with Crippen LogP contribution < -0.4 is 5.56 Å². The van der Waals surface area contributed by atoms with Crippen LogP contribution in [-0.2, 0) is 16.1 Å². The van der Waals surface area contributed by atoms with Crippen LogP contribution in [0.3, 0.4) is 0 Å². The molecule has 3 aromatic rings. The number of fused-ring (bicyclic) bond motifs is 1. The lowest BCUT2D eigenvalue weighted by atomic mass is 10.2. The lowest BCUT2D eigenvalue weighted by Gasteiger charge is -2.02. The molecule has 0 aliphatic heterocycles. The maximum Gasteiger partial charge on any atom is 0.331 e. The number of rotatable bonds is 4. The number of ether oxygens (including phenoxy) is 1. The van der Waals surface area contributed by atoms with Crippen molar-refractivity contribution in [2.45, 2.75) is 13.5 Å². The Bertz CT molecular complexity index is 974. The second kappa shape index (κ2) is 6.76. The summed E-state index contributed by atoms with van der Waals surface area (Å²) in [7, 11) is 0. The second-order valence-corrected chi connectivity index (χ2v) is 5.91. The number of halogens is 1. The minimum Gasteiger partial charge on any atom is -0.456 e. The van der Waals surface area contributed by atoms with Crippen molar-refractivity contribution in [1.29, 1.82) is 0 Å². The number of aryl methyl sites for hydroxylation is 1. The van der Waals surface area contributed by atoms with Gasteiger partial charge in [-0.05, 0) is 30.7 Å². The van der Waals surface area contributed by atoms with Crippen LogP contribution in [0.4, 0.5) is 4.39 Å². The normalized spacial score (nSPS) is 11.2. The molecule has 0 aliphatic carbocycles. The molecule has 1 aromatic carbocycles. The second-order valence-electron chi connectivity index (χ2n) is 5.07. The number of aromatic nitrogens is 2. The predicted octanol–water partition coefficient (Wildman–Crippen LogP) is 2.96. The van der Waals surface area contributed by atoms with Gasteiger partial charge in [-0.1, -0.05) is 12.1 Å². The van der Waals surface area contributed by atoms with Gasteiger partial charge in [0.05, 0.1) is 5.69 Å². The zero-order valence-corrected chi connectivity index (χ0v) is 13.5. The molecule has 2 aromatic heterocycles. The fraction of sp³-hybridized carbons (Fsp3) is 0.118. The van der Waals surface area contributed by atoms with E-state index in [-0.39, 0.29) is 18.0 Å². The monoisotopic (exact) mass is 344 g/mol. The van der Waals surface area contributed by atoms with Gasteiger partial charge in [0.15, 0.2) is 4.96 Å². The smallest absolute Gasteiger partial charge is 0.331 e. The molecule has 3 rings (SSSR count). The lowest BCUT2D eigenvalue weighted by molar-refractivity contribution is -0.139. The van der Waals surface area contributed by atoms with Gasteiger partial charge in [0.2, 0.25) is 0 Å². The molecule has 0 aliphatic rings. The number of hydrogen-bond donors (Lipinski definition) is 0. The van der Waals surface area contributed by atoms with E-state index >= 15 is 0 Å². The summed E-state index contributed by atoms with van der Waals surface area (Å²) in [6.07, 6.45) is 2.77. The van der Waals surface area contributed by atoms with Crippen molar-refractivity contribution in [3.05, 3.63) is 74.9 Å². The van der Waals surface area contributed by atoms with Gasteiger partial charge in [-0.25, -0.2) is 14.2 Å². The first-order chi connectivity index (χ1) is 11.5. The summed E-state index contributed by atoms with van der Waals surface area (Å²) in [5.41, 5.74) is 1.69. The molecule has 0 unspecified atom stereocenters. The molecule has 0 spiro atoms. The highest BCUT2D eigenvalue weighted by molar-refractivity contribution is 7.15. The summed E-state index contributed by atoms with van der Waals surface area (Å²) in [4.78, 5) is 28.6. The fourth-order valence-electron chi connectivity index (χ4n) is 2.11. The zero-order chi connectivity index (χ0) is 17.1. The van der Waals surface area contributed by atoms with Crippen molar-refractivity contribution in [1.82, 2.24) is 9.38 Å². The minimum atomic E-state index is -0.566. The summed E-state index contributed by atoms with van der Waals surface area (Å²) < 4.78 is 19.4. The highest BCUT2D eigenvalue weighted by Crippen LogP contribution is 2.12. The van der Waals surface area contributed by atoms with Crippen molar-refractivity contribution < 1.29 is 13.9 Å². The van der Waals surface area contributed by atoms with Gasteiger partial charge in [-0.3, -0.25) is 9.20 Å². The average Bonchev–Trinajstić information content (AvgIpc) is 2.94. The highest BCUT2D eigenvalue weighted by Gasteiger charge is 2.07. The number of benzene rings is 1. The predicted molar refractivity (Wildman–Crippen MR) is 89.3 cm³/mol. The van der Waals surface area contributed by atoms with Crippen LogP contribution in [0.2, 0.25) is 0 Å². The van der Waals surface area contributed by atoms with Crippen molar-refractivity contribution in [3.8, 4) is 0 Å². The van der Waals surface area contributed by atoms with E-state index in [1.165, 1.54) is 46.1 Å². The number of nitrogens with zero attached hydrogens (tertiary/aromatic N) is 2. The SMILES string of the molecule is Cc1csc2nc(COC(=O)/C=C/c3ccc(F)cc3)cc(=O)n12. The number of hydrogen-bond acceptors (Lipinski definition) is 5. The minimum absolute atomic E-state index is 0.0880. The first-order valence-corrected chi connectivity index (χ1v) is 7.98. The molecule has 0 atom stereocenters. The van der Waals surface area contributed by atoms with Gasteiger partial charge in [-0.15, -0.1) is 11.3 Å². The van der Waals surface area contributed by atoms with Gasteiger partial charge in [-0.2, -0.15) is 0 Å². The third kappa shape index (κ3) is 3.57. The standard InChI is InChI=1S/C17H13FN2O3S/c1-11-10-24-17-19-14(8-15(21)20(11)17)9-23-16(22)7-4-12-2-5-13(18)6-3-12/h2-8,10H,9H2,1H3/b7-4+. The van der Waals surface area contributed by atoms with E-state index in [0.29, 0.717) is 16.2 Å². The van der Waals surface area contributed by atoms with Gasteiger partial charge < -0.3 is 4.74 Å². The number of carbonyl (C=O) groups excluding carboxylic acids is 1. The molecule has 2 heterocycles. The first kappa shape index (κ1) is 16.1. The molecule has 0 bridgehead atoms. The van der Waals surface area contributed by atoms with Crippen LogP contribution >= 0.6 is 11.3 Å². The Labute approximate surface area is 140 Å². The molecule has 0 saturated carbocycles. The molecule has 0 saturated heterocycles. The van der Waals surface area contributed by atoms with Crippen molar-refractivity contribution in [2.24, 2.45) is 0 Å². The van der Waals surface area contributed by atoms with E-state index in [4.69, 9.17) is 4.74 Å². The van der Waals surface area contributed by atoms with E-state index in [2.05, 4.69) is 4.98 Å². The van der Waals surface area contributed by atoms with Gasteiger partial charge in [0, 0.05) is 23.2 Å². The van der Waals surface area contributed by atoms with Gasteiger partial charge in [0.1, 0.15) is 12.4 Å². The van der Waals surface area contributed by atoms with Crippen LogP contribution in [0.25, 0.3) is 11.0 Å². The molecular weight excluding hydrogens is 331 g/mol. The average molecular weight is 344 g/mol. The molecular formula is C17H13FN2O3S. The number of carbonyl (C=O) groups is 1. The van der Waals surface area contributed by atoms with Crippen LogP contribution in [0.15, 0.2) is 46.6 Å². The van der Waals surface area contributed by atoms with Crippen LogP contribution in [0, 0.1) is 12.7 Å². The van der Waals surface area contributed by atoms with Crippen LogP contribution in [-0.4, -0.2) is 15.4 Å². The number of thiazole rings is 1. The first-order valence-electron chi connectivity index (χ1n) is 7.10. The fourth-order valence-corrected chi connectivity index (χ4v) is 3.00. The molecule has 0 fully saturated rings.